The molecule has 2 aromatic rings. The summed E-state index contributed by atoms with van der Waals surface area (Å²) in [6.07, 6.45) is 0.894. The molecule has 0 radical (unpaired) electrons. The molecule has 0 unspecified atom stereocenters. The molecule has 218 valence electrons. The number of rotatable bonds is 3. The number of benzene rings is 2. The molecule has 0 saturated heterocycles. The Morgan fingerprint density at radius 1 is 0.643 bits per heavy atom. The van der Waals surface area contributed by atoms with Crippen molar-refractivity contribution in [3.05, 3.63) is 130 Å². The lowest BCUT2D eigenvalue weighted by Crippen LogP contribution is -2.36. The molecule has 0 amide bonds. The minimum atomic E-state index is 0.683. The third kappa shape index (κ3) is 5.43. The van der Waals surface area contributed by atoms with Crippen LogP contribution in [-0.4, -0.2) is 30.2 Å². The first-order valence-corrected chi connectivity index (χ1v) is 13.9. The fourth-order valence-corrected chi connectivity index (χ4v) is 5.25. The fraction of sp³-hybridized carbons (Fsp3) is 0.278. The van der Waals surface area contributed by atoms with Crippen LogP contribution < -0.4 is 9.80 Å². The van der Waals surface area contributed by atoms with E-state index in [1.54, 1.807) is 0 Å². The zero-order valence-electron chi connectivity index (χ0n) is 26.9. The van der Waals surface area contributed by atoms with Crippen molar-refractivity contribution in [3.8, 4) is 6.07 Å². The van der Waals surface area contributed by atoms with Crippen LogP contribution in [0.5, 0.6) is 0 Å². The van der Waals surface area contributed by atoms with E-state index in [-0.39, 0.29) is 0 Å². The molecule has 0 aliphatic carbocycles. The predicted molar refractivity (Wildman–Crippen MR) is 176 cm³/mol. The largest absolute Gasteiger partial charge is 0.335 e. The molecule has 42 heavy (non-hydrogen) atoms. The number of hydrogen-bond donors (Lipinski definition) is 0. The first-order valence-electron chi connectivity index (χ1n) is 13.9. The second kappa shape index (κ2) is 12.0. The number of aryl methyl sites for hydroxylation is 4. The SMILES string of the molecule is C=C1C(C)=C(C)N(C)C(=C)N1c1cc(C#N)c(C)cc1C.C=C1C(C)=C(C)N(C)C(=C)N1c1cc(C=O)c(C)cc1C. The third-order valence-corrected chi connectivity index (χ3v) is 8.64. The summed E-state index contributed by atoms with van der Waals surface area (Å²) < 4.78 is 0. The molecular formula is C36H43N5O. The molecule has 2 heterocycles. The fourth-order valence-electron chi connectivity index (χ4n) is 5.25. The molecule has 4 rings (SSSR count). The minimum absolute atomic E-state index is 0.683. The van der Waals surface area contributed by atoms with Crippen LogP contribution >= 0.6 is 0 Å². The van der Waals surface area contributed by atoms with Crippen LogP contribution in [0, 0.1) is 39.0 Å². The quantitative estimate of drug-likeness (QED) is 0.351. The van der Waals surface area contributed by atoms with Crippen LogP contribution in [0.15, 0.2) is 96.2 Å². The number of allylic oxidation sites excluding steroid dienone is 4. The third-order valence-electron chi connectivity index (χ3n) is 8.64. The molecule has 0 aromatic heterocycles. The van der Waals surface area contributed by atoms with Gasteiger partial charge in [-0.05, 0) is 101 Å². The monoisotopic (exact) mass is 561 g/mol. The Labute approximate surface area is 252 Å². The number of aldehydes is 1. The molecule has 0 spiro atoms. The van der Waals surface area contributed by atoms with E-state index in [0.717, 1.165) is 85.5 Å². The van der Waals surface area contributed by atoms with Crippen LogP contribution in [0.1, 0.15) is 65.9 Å². The molecule has 2 aromatic carbocycles. The van der Waals surface area contributed by atoms with E-state index in [1.807, 2.05) is 80.8 Å². The van der Waals surface area contributed by atoms with Crippen molar-refractivity contribution in [2.45, 2.75) is 55.4 Å². The van der Waals surface area contributed by atoms with E-state index < -0.39 is 0 Å². The molecule has 2 aliphatic heterocycles. The highest BCUT2D eigenvalue weighted by atomic mass is 16.1. The summed E-state index contributed by atoms with van der Waals surface area (Å²) >= 11 is 0. The number of nitrogens with zero attached hydrogens (tertiary/aromatic N) is 5. The molecule has 0 atom stereocenters. The van der Waals surface area contributed by atoms with Crippen LogP contribution in [0.3, 0.4) is 0 Å². The molecule has 0 N–H and O–H groups in total. The van der Waals surface area contributed by atoms with Crippen molar-refractivity contribution < 1.29 is 4.79 Å². The zero-order valence-corrected chi connectivity index (χ0v) is 26.9. The van der Waals surface area contributed by atoms with Gasteiger partial charge in [-0.3, -0.25) is 14.6 Å². The lowest BCUT2D eigenvalue weighted by atomic mass is 10.0. The molecular weight excluding hydrogens is 518 g/mol. The standard InChI is InChI=1S/C18H21N3.C18H22N2O/c1-11-8-12(2)18(9-17(11)10-19)21-15(5)13(3)14(4)20(7)16(21)6;1-11-8-12(2)18(9-17(11)10-21)20-15(5)13(3)14(4)19(7)16(20)6/h8-9H,5-6H2,1-4,7H3;8-10H,5-6H2,1-4,7H3. The molecule has 0 bridgehead atoms. The van der Waals surface area contributed by atoms with Crippen LogP contribution in [0.25, 0.3) is 0 Å². The van der Waals surface area contributed by atoms with E-state index in [2.05, 4.69) is 65.0 Å². The number of hydrogen-bond acceptors (Lipinski definition) is 6. The Morgan fingerprint density at radius 2 is 1.05 bits per heavy atom. The second-order valence-electron chi connectivity index (χ2n) is 11.1. The second-order valence-corrected chi connectivity index (χ2v) is 11.1. The van der Waals surface area contributed by atoms with Gasteiger partial charge < -0.3 is 9.80 Å². The predicted octanol–water partition coefficient (Wildman–Crippen LogP) is 8.35. The smallest absolute Gasteiger partial charge is 0.150 e. The summed E-state index contributed by atoms with van der Waals surface area (Å²) in [5.41, 5.74) is 13.8. The summed E-state index contributed by atoms with van der Waals surface area (Å²) in [6, 6.07) is 10.1. The van der Waals surface area contributed by atoms with Crippen molar-refractivity contribution in [3.63, 3.8) is 0 Å². The Morgan fingerprint density at radius 3 is 1.45 bits per heavy atom. The van der Waals surface area contributed by atoms with Gasteiger partial charge in [0.05, 0.1) is 23.0 Å². The van der Waals surface area contributed by atoms with Crippen molar-refractivity contribution in [2.24, 2.45) is 0 Å². The van der Waals surface area contributed by atoms with Gasteiger partial charge in [-0.15, -0.1) is 0 Å². The Bertz CT molecular complexity index is 1650. The van der Waals surface area contributed by atoms with E-state index in [0.29, 0.717) is 11.1 Å². The number of anilines is 2. The van der Waals surface area contributed by atoms with Crippen molar-refractivity contribution in [1.29, 1.82) is 5.26 Å². The lowest BCUT2D eigenvalue weighted by Gasteiger charge is -2.41. The van der Waals surface area contributed by atoms with Gasteiger partial charge in [-0.1, -0.05) is 38.4 Å². The van der Waals surface area contributed by atoms with Gasteiger partial charge in [-0.2, -0.15) is 5.26 Å². The molecule has 0 saturated carbocycles. The maximum Gasteiger partial charge on any atom is 0.150 e. The summed E-state index contributed by atoms with van der Waals surface area (Å²) in [4.78, 5) is 19.4. The number of carbonyl (C=O) groups is 1. The first kappa shape index (κ1) is 31.8. The van der Waals surface area contributed by atoms with E-state index in [1.165, 1.54) is 0 Å². The van der Waals surface area contributed by atoms with Crippen molar-refractivity contribution in [2.75, 3.05) is 23.9 Å². The Balaban J connectivity index is 0.000000230. The average Bonchev–Trinajstić information content (AvgIpc) is 2.95. The van der Waals surface area contributed by atoms with Crippen LogP contribution in [-0.2, 0) is 0 Å². The topological polar surface area (TPSA) is 53.8 Å². The normalized spacial score (nSPS) is 15.7. The van der Waals surface area contributed by atoms with Gasteiger partial charge in [0.2, 0.25) is 0 Å². The average molecular weight is 562 g/mol. The summed E-state index contributed by atoms with van der Waals surface area (Å²) in [5, 5.41) is 9.28. The van der Waals surface area contributed by atoms with Crippen molar-refractivity contribution >= 4 is 17.7 Å². The van der Waals surface area contributed by atoms with Crippen LogP contribution in [0.2, 0.25) is 0 Å². The first-order chi connectivity index (χ1) is 19.6. The molecule has 6 nitrogen and oxygen atoms in total. The molecule has 2 aliphatic rings. The number of nitriles is 1. The Hall–Kier alpha value is -4.76. The van der Waals surface area contributed by atoms with Gasteiger partial charge in [0, 0.05) is 42.4 Å². The summed E-state index contributed by atoms with van der Waals surface area (Å²) in [7, 11) is 3.99. The molecule has 0 fully saturated rings. The Kier molecular flexibility index (Phi) is 9.08. The lowest BCUT2D eigenvalue weighted by molar-refractivity contribution is 0.112. The summed E-state index contributed by atoms with van der Waals surface area (Å²) in [6.45, 7) is 33.0. The van der Waals surface area contributed by atoms with Gasteiger partial charge in [-0.25, -0.2) is 0 Å². The zero-order chi connectivity index (χ0) is 31.8. The van der Waals surface area contributed by atoms with Crippen molar-refractivity contribution in [1.82, 2.24) is 9.80 Å². The van der Waals surface area contributed by atoms with E-state index in [9.17, 15) is 10.1 Å². The van der Waals surface area contributed by atoms with E-state index >= 15 is 0 Å². The highest BCUT2D eigenvalue weighted by Gasteiger charge is 2.28. The van der Waals surface area contributed by atoms with Gasteiger partial charge >= 0.3 is 0 Å². The number of carbonyl (C=O) groups excluding carboxylic acids is 1. The maximum absolute atomic E-state index is 11.2. The minimum Gasteiger partial charge on any atom is -0.335 e. The molecule has 6 heteroatoms. The van der Waals surface area contributed by atoms with Crippen LogP contribution in [0.4, 0.5) is 11.4 Å². The summed E-state index contributed by atoms with van der Waals surface area (Å²) in [5.74, 6) is 1.69. The van der Waals surface area contributed by atoms with E-state index in [4.69, 9.17) is 0 Å². The van der Waals surface area contributed by atoms with Gasteiger partial charge in [0.25, 0.3) is 0 Å². The maximum atomic E-state index is 11.2. The van der Waals surface area contributed by atoms with Gasteiger partial charge in [0.15, 0.2) is 0 Å². The highest BCUT2D eigenvalue weighted by Crippen LogP contribution is 2.39. The highest BCUT2D eigenvalue weighted by molar-refractivity contribution is 5.82. The van der Waals surface area contributed by atoms with Gasteiger partial charge in [0.1, 0.15) is 17.9 Å².